The molecule has 0 radical (unpaired) electrons. The molecule has 2 amide bonds. The van der Waals surface area contributed by atoms with E-state index in [1.165, 1.54) is 0 Å². The minimum atomic E-state index is -1.56. The zero-order valence-corrected chi connectivity index (χ0v) is 27.8. The van der Waals surface area contributed by atoms with Crippen molar-refractivity contribution in [2.24, 2.45) is 0 Å². The summed E-state index contributed by atoms with van der Waals surface area (Å²) in [6.07, 6.45) is -4.99. The summed E-state index contributed by atoms with van der Waals surface area (Å²) in [6.45, 7) is 10.2. The second-order valence-electron chi connectivity index (χ2n) is 13.3. The number of aliphatic hydroxyl groups is 5. The van der Waals surface area contributed by atoms with Gasteiger partial charge in [-0.3, -0.25) is 19.6 Å². The molecule has 2 aliphatic rings. The van der Waals surface area contributed by atoms with E-state index in [-0.39, 0.29) is 36.6 Å². The number of nitrogens with one attached hydrogen (secondary N) is 2. The molecule has 0 aliphatic carbocycles. The Morgan fingerprint density at radius 3 is 2.32 bits per heavy atom. The van der Waals surface area contributed by atoms with Crippen LogP contribution in [0.3, 0.4) is 0 Å². The maximum absolute atomic E-state index is 13.1. The molecule has 14 nitrogen and oxygen atoms in total. The smallest absolute Gasteiger partial charge is 0.247 e. The first-order valence-electron chi connectivity index (χ1n) is 16.4. The summed E-state index contributed by atoms with van der Waals surface area (Å²) in [5.41, 5.74) is 2.62. The van der Waals surface area contributed by atoms with E-state index in [0.29, 0.717) is 52.0 Å². The highest BCUT2D eigenvalue weighted by Gasteiger charge is 2.45. The number of hydrogen-bond acceptors (Lipinski definition) is 11. The lowest BCUT2D eigenvalue weighted by Gasteiger charge is -2.39. The Labute approximate surface area is 275 Å². The molecular weight excluding hydrogens is 610 g/mol. The van der Waals surface area contributed by atoms with Gasteiger partial charge >= 0.3 is 0 Å². The fourth-order valence-electron chi connectivity index (χ4n) is 6.04. The van der Waals surface area contributed by atoms with Gasteiger partial charge in [-0.2, -0.15) is 0 Å². The van der Waals surface area contributed by atoms with E-state index in [1.807, 2.05) is 38.1 Å². The molecule has 0 saturated carbocycles. The van der Waals surface area contributed by atoms with Crippen molar-refractivity contribution in [2.45, 2.75) is 95.5 Å². The largest absolute Gasteiger partial charge is 0.443 e. The first-order chi connectivity index (χ1) is 22.3. The molecule has 5 atom stereocenters. The normalized spacial score (nSPS) is 24.0. The maximum atomic E-state index is 13.1. The van der Waals surface area contributed by atoms with Gasteiger partial charge in [0.05, 0.1) is 13.2 Å². The number of nitrogens with zero attached hydrogens (tertiary/aromatic N) is 3. The second kappa shape index (κ2) is 16.3. The topological polar surface area (TPSA) is 201 Å². The number of H-pyrrole nitrogens is 1. The van der Waals surface area contributed by atoms with Gasteiger partial charge in [0.2, 0.25) is 24.0 Å². The third-order valence-electron chi connectivity index (χ3n) is 8.85. The van der Waals surface area contributed by atoms with Crippen LogP contribution in [0.1, 0.15) is 68.8 Å². The van der Waals surface area contributed by atoms with Gasteiger partial charge < -0.3 is 45.2 Å². The molecule has 3 heterocycles. The lowest BCUT2D eigenvalue weighted by molar-refractivity contribution is -0.278. The van der Waals surface area contributed by atoms with E-state index in [0.717, 1.165) is 22.4 Å². The molecule has 2 fully saturated rings. The number of aryl methyl sites for hydroxylation is 1. The molecule has 2 saturated heterocycles. The van der Waals surface area contributed by atoms with Crippen molar-refractivity contribution in [2.75, 3.05) is 45.9 Å². The lowest BCUT2D eigenvalue weighted by Crippen LogP contribution is -2.60. The molecule has 2 aromatic rings. The molecule has 14 heteroatoms. The SMILES string of the molecule is CC(C)c1[nH]nc(O[C@@H]2O[C@H](CO)[C@@H](O)[C@H](O)[C@H]2O)c1Cc1ccc(CCCC(=O)NC(C)(C)C(=O)N2CCN(CCO)CC2)cc1. The summed E-state index contributed by atoms with van der Waals surface area (Å²) in [5, 5.41) is 59.5. The predicted octanol–water partition coefficient (Wildman–Crippen LogP) is -0.343. The monoisotopic (exact) mass is 661 g/mol. The number of aliphatic hydroxyl groups excluding tert-OH is 5. The van der Waals surface area contributed by atoms with Gasteiger partial charge in [-0.25, -0.2) is 0 Å². The fourth-order valence-corrected chi connectivity index (χ4v) is 6.04. The highest BCUT2D eigenvalue weighted by Crippen LogP contribution is 2.31. The van der Waals surface area contributed by atoms with Gasteiger partial charge in [-0.05, 0) is 43.7 Å². The molecule has 2 aliphatic heterocycles. The number of carbonyl (C=O) groups is 2. The number of amides is 2. The van der Waals surface area contributed by atoms with Gasteiger partial charge in [0.25, 0.3) is 0 Å². The summed E-state index contributed by atoms with van der Waals surface area (Å²) >= 11 is 0. The van der Waals surface area contributed by atoms with Gasteiger partial charge in [0.15, 0.2) is 0 Å². The molecule has 1 aromatic carbocycles. The number of rotatable bonds is 14. The van der Waals surface area contributed by atoms with Crippen LogP contribution < -0.4 is 10.1 Å². The summed E-state index contributed by atoms with van der Waals surface area (Å²) in [5.74, 6) is -0.00650. The lowest BCUT2D eigenvalue weighted by atomic mass is 9.97. The molecule has 0 bridgehead atoms. The molecule has 1 aromatic heterocycles. The van der Waals surface area contributed by atoms with Crippen molar-refractivity contribution < 1.29 is 44.6 Å². The van der Waals surface area contributed by atoms with Gasteiger partial charge in [-0.1, -0.05) is 38.1 Å². The summed E-state index contributed by atoms with van der Waals surface area (Å²) < 4.78 is 11.4. The van der Waals surface area contributed by atoms with Crippen LogP contribution in [0, 0.1) is 0 Å². The number of piperazine rings is 1. The Bertz CT molecular complexity index is 1310. The Balaban J connectivity index is 1.29. The van der Waals surface area contributed by atoms with Gasteiger partial charge in [0.1, 0.15) is 30.0 Å². The molecule has 262 valence electrons. The average Bonchev–Trinajstić information content (AvgIpc) is 3.44. The molecule has 4 rings (SSSR count). The molecule has 0 unspecified atom stereocenters. The van der Waals surface area contributed by atoms with E-state index in [2.05, 4.69) is 20.4 Å². The van der Waals surface area contributed by atoms with Crippen LogP contribution >= 0.6 is 0 Å². The van der Waals surface area contributed by atoms with Crippen molar-refractivity contribution in [3.8, 4) is 5.88 Å². The summed E-state index contributed by atoms with van der Waals surface area (Å²) in [6, 6.07) is 7.99. The van der Waals surface area contributed by atoms with Crippen LogP contribution in [-0.4, -0.2) is 140 Å². The third kappa shape index (κ3) is 9.28. The van der Waals surface area contributed by atoms with E-state index in [4.69, 9.17) is 14.6 Å². The van der Waals surface area contributed by atoms with Crippen LogP contribution in [0.25, 0.3) is 0 Å². The van der Waals surface area contributed by atoms with Crippen molar-refractivity contribution in [3.05, 3.63) is 46.6 Å². The summed E-state index contributed by atoms with van der Waals surface area (Å²) in [4.78, 5) is 29.7. The van der Waals surface area contributed by atoms with Crippen LogP contribution in [0.2, 0.25) is 0 Å². The van der Waals surface area contributed by atoms with Gasteiger partial charge in [-0.15, -0.1) is 5.10 Å². The second-order valence-corrected chi connectivity index (χ2v) is 13.3. The zero-order valence-electron chi connectivity index (χ0n) is 27.8. The number of β-amino-alcohol motifs (C(OH)–C–C–N with tert-alkyl or cyclic N) is 1. The molecule has 0 spiro atoms. The first kappa shape index (κ1) is 36.7. The Morgan fingerprint density at radius 2 is 1.70 bits per heavy atom. The van der Waals surface area contributed by atoms with E-state index >= 15 is 0 Å². The number of hydrogen-bond donors (Lipinski definition) is 7. The molecule has 7 N–H and O–H groups in total. The first-order valence-corrected chi connectivity index (χ1v) is 16.4. The third-order valence-corrected chi connectivity index (χ3v) is 8.85. The Kier molecular flexibility index (Phi) is 12.8. The number of benzene rings is 1. The van der Waals surface area contributed by atoms with Crippen molar-refractivity contribution >= 4 is 11.8 Å². The van der Waals surface area contributed by atoms with E-state index in [9.17, 15) is 30.0 Å². The highest BCUT2D eigenvalue weighted by atomic mass is 16.7. The fraction of sp³-hybridized carbons (Fsp3) is 0.667. The Hall–Kier alpha value is -3.11. The molecule has 47 heavy (non-hydrogen) atoms. The minimum Gasteiger partial charge on any atom is -0.443 e. The standard InChI is InChI=1S/C33H51N5O9/c1-20(2)26-23(30(36-35-26)47-31-29(44)28(43)27(42)24(19-40)46-31)18-22-10-8-21(9-11-22)6-5-7-25(41)34-33(3,4)32(45)38-14-12-37(13-15-38)16-17-39/h8-11,20,24,27-29,31,39-40,42-44H,5-7,12-19H2,1-4H3,(H,34,41)(H,35,36)/t24-,27-,28+,29-,31+/m1/s1. The number of ether oxygens (including phenoxy) is 2. The average molecular weight is 662 g/mol. The van der Waals surface area contributed by atoms with Crippen LogP contribution in [0.15, 0.2) is 24.3 Å². The van der Waals surface area contributed by atoms with Crippen molar-refractivity contribution in [3.63, 3.8) is 0 Å². The number of aromatic nitrogens is 2. The minimum absolute atomic E-state index is 0.0810. The van der Waals surface area contributed by atoms with Crippen LogP contribution in [0.5, 0.6) is 5.88 Å². The van der Waals surface area contributed by atoms with Crippen molar-refractivity contribution in [1.29, 1.82) is 0 Å². The predicted molar refractivity (Wildman–Crippen MR) is 172 cm³/mol. The number of carbonyl (C=O) groups excluding carboxylic acids is 2. The Morgan fingerprint density at radius 1 is 1.04 bits per heavy atom. The van der Waals surface area contributed by atoms with E-state index < -0.39 is 42.9 Å². The van der Waals surface area contributed by atoms with Crippen molar-refractivity contribution in [1.82, 2.24) is 25.3 Å². The molecular formula is C33H51N5O9. The zero-order chi connectivity index (χ0) is 34.3. The van der Waals surface area contributed by atoms with E-state index in [1.54, 1.807) is 18.7 Å². The summed E-state index contributed by atoms with van der Waals surface area (Å²) in [7, 11) is 0. The number of aromatic amines is 1. The van der Waals surface area contributed by atoms with Crippen LogP contribution in [-0.2, 0) is 27.2 Å². The maximum Gasteiger partial charge on any atom is 0.247 e. The van der Waals surface area contributed by atoms with Gasteiger partial charge in [0, 0.05) is 56.8 Å². The quantitative estimate of drug-likeness (QED) is 0.140. The highest BCUT2D eigenvalue weighted by molar-refractivity contribution is 5.90. The van der Waals surface area contributed by atoms with Crippen LogP contribution in [0.4, 0.5) is 0 Å².